The molecule has 0 aliphatic rings. The molecule has 2 rings (SSSR count). The number of carbonyl (C=O) groups excluding carboxylic acids is 2. The fourth-order valence-corrected chi connectivity index (χ4v) is 2.73. The van der Waals surface area contributed by atoms with Crippen molar-refractivity contribution >= 4 is 40.5 Å². The Hall–Kier alpha value is -2.12. The molecule has 122 valence electrons. The average Bonchev–Trinajstić information content (AvgIpc) is 2.81. The van der Waals surface area contributed by atoms with E-state index in [1.165, 1.54) is 11.5 Å². The molecule has 0 saturated carbocycles. The Balaban J connectivity index is 1.94. The van der Waals surface area contributed by atoms with Crippen LogP contribution in [0.3, 0.4) is 0 Å². The molecule has 1 N–H and O–H groups in total. The summed E-state index contributed by atoms with van der Waals surface area (Å²) in [6, 6.07) is 6.74. The SMILES string of the molecule is Cc1csc(=O)n1CC(=O)O[C@H](C)C(=O)Nc1ccccc1Cl. The van der Waals surface area contributed by atoms with Crippen LogP contribution in [0, 0.1) is 6.92 Å². The van der Waals surface area contributed by atoms with Gasteiger partial charge in [-0.2, -0.15) is 0 Å². The van der Waals surface area contributed by atoms with Crippen molar-refractivity contribution < 1.29 is 14.3 Å². The molecule has 0 unspecified atom stereocenters. The Morgan fingerprint density at radius 2 is 2.09 bits per heavy atom. The number of ether oxygens (including phenoxy) is 1. The molecule has 0 bridgehead atoms. The number of halogens is 1. The molecule has 1 aromatic carbocycles. The van der Waals surface area contributed by atoms with Gasteiger partial charge in [0.15, 0.2) is 6.10 Å². The van der Waals surface area contributed by atoms with Crippen LogP contribution in [0.4, 0.5) is 5.69 Å². The molecule has 23 heavy (non-hydrogen) atoms. The summed E-state index contributed by atoms with van der Waals surface area (Å²) in [5, 5.41) is 4.63. The third-order valence-corrected chi connectivity index (χ3v) is 4.28. The van der Waals surface area contributed by atoms with Crippen LogP contribution in [0.5, 0.6) is 0 Å². The number of hydrogen-bond donors (Lipinski definition) is 1. The van der Waals surface area contributed by atoms with Gasteiger partial charge >= 0.3 is 10.8 Å². The van der Waals surface area contributed by atoms with Crippen LogP contribution in [-0.2, 0) is 20.9 Å². The number of nitrogens with one attached hydrogen (secondary N) is 1. The lowest BCUT2D eigenvalue weighted by atomic mass is 10.3. The number of hydrogen-bond acceptors (Lipinski definition) is 5. The third-order valence-electron chi connectivity index (χ3n) is 3.07. The van der Waals surface area contributed by atoms with Crippen molar-refractivity contribution in [3.8, 4) is 0 Å². The van der Waals surface area contributed by atoms with Crippen LogP contribution < -0.4 is 10.2 Å². The molecule has 0 fully saturated rings. The maximum absolute atomic E-state index is 12.0. The number of benzene rings is 1. The van der Waals surface area contributed by atoms with Gasteiger partial charge in [-0.05, 0) is 26.0 Å². The van der Waals surface area contributed by atoms with Gasteiger partial charge in [-0.1, -0.05) is 35.1 Å². The third kappa shape index (κ3) is 4.43. The zero-order chi connectivity index (χ0) is 17.0. The van der Waals surface area contributed by atoms with Crippen LogP contribution >= 0.6 is 22.9 Å². The summed E-state index contributed by atoms with van der Waals surface area (Å²) in [5.41, 5.74) is 1.11. The highest BCUT2D eigenvalue weighted by molar-refractivity contribution is 7.07. The highest BCUT2D eigenvalue weighted by atomic mass is 35.5. The Bertz CT molecular complexity index is 784. The van der Waals surface area contributed by atoms with Gasteiger partial charge in [0.05, 0.1) is 10.7 Å². The Morgan fingerprint density at radius 1 is 1.39 bits per heavy atom. The van der Waals surface area contributed by atoms with E-state index < -0.39 is 18.0 Å². The first-order valence-electron chi connectivity index (χ1n) is 6.78. The number of nitrogens with zero attached hydrogens (tertiary/aromatic N) is 1. The summed E-state index contributed by atoms with van der Waals surface area (Å²) >= 11 is 6.96. The molecular weight excluding hydrogens is 340 g/mol. The maximum Gasteiger partial charge on any atom is 0.326 e. The summed E-state index contributed by atoms with van der Waals surface area (Å²) in [6.45, 7) is 2.95. The van der Waals surface area contributed by atoms with E-state index >= 15 is 0 Å². The normalized spacial score (nSPS) is 11.8. The molecule has 1 atom stereocenters. The maximum atomic E-state index is 12.0. The van der Waals surface area contributed by atoms with E-state index in [0.29, 0.717) is 16.4 Å². The summed E-state index contributed by atoms with van der Waals surface area (Å²) in [4.78, 5) is 35.2. The van der Waals surface area contributed by atoms with Gasteiger partial charge < -0.3 is 10.1 Å². The quantitative estimate of drug-likeness (QED) is 0.836. The summed E-state index contributed by atoms with van der Waals surface area (Å²) in [7, 11) is 0. The number of thiazole rings is 1. The second-order valence-corrected chi connectivity index (χ2v) is 6.06. The first-order valence-corrected chi connectivity index (χ1v) is 8.04. The first kappa shape index (κ1) is 17.2. The van der Waals surface area contributed by atoms with Gasteiger partial charge in [0.1, 0.15) is 6.54 Å². The molecule has 2 aromatic rings. The van der Waals surface area contributed by atoms with Crippen LogP contribution in [0.15, 0.2) is 34.4 Å². The van der Waals surface area contributed by atoms with Crippen molar-refractivity contribution in [2.24, 2.45) is 0 Å². The molecule has 1 aromatic heterocycles. The highest BCUT2D eigenvalue weighted by Gasteiger charge is 2.19. The topological polar surface area (TPSA) is 77.4 Å². The highest BCUT2D eigenvalue weighted by Crippen LogP contribution is 2.20. The zero-order valence-electron chi connectivity index (χ0n) is 12.5. The van der Waals surface area contributed by atoms with Crippen molar-refractivity contribution in [1.29, 1.82) is 0 Å². The fourth-order valence-electron chi connectivity index (χ4n) is 1.81. The fraction of sp³-hybridized carbons (Fsp3) is 0.267. The van der Waals surface area contributed by atoms with Crippen molar-refractivity contribution in [3.05, 3.63) is 50.0 Å². The standard InChI is InChI=1S/C15H15ClN2O4S/c1-9-8-23-15(21)18(9)7-13(19)22-10(2)14(20)17-12-6-4-3-5-11(12)16/h3-6,8,10H,7H2,1-2H3,(H,17,20)/t10-/m1/s1. The van der Waals surface area contributed by atoms with Crippen molar-refractivity contribution in [2.45, 2.75) is 26.5 Å². The van der Waals surface area contributed by atoms with Crippen LogP contribution in [0.1, 0.15) is 12.6 Å². The molecule has 0 radical (unpaired) electrons. The van der Waals surface area contributed by atoms with E-state index in [9.17, 15) is 14.4 Å². The van der Waals surface area contributed by atoms with E-state index in [1.807, 2.05) is 0 Å². The largest absolute Gasteiger partial charge is 0.451 e. The molecular formula is C15H15ClN2O4S. The Morgan fingerprint density at radius 3 is 2.70 bits per heavy atom. The number of rotatable bonds is 5. The number of anilines is 1. The number of carbonyl (C=O) groups is 2. The Kier molecular flexibility index (Phi) is 5.57. The van der Waals surface area contributed by atoms with Gasteiger partial charge in [0, 0.05) is 11.1 Å². The van der Waals surface area contributed by atoms with Gasteiger partial charge in [-0.15, -0.1) is 0 Å². The van der Waals surface area contributed by atoms with Gasteiger partial charge in [-0.25, -0.2) is 0 Å². The second-order valence-electron chi connectivity index (χ2n) is 4.83. The van der Waals surface area contributed by atoms with Gasteiger partial charge in [0.2, 0.25) is 0 Å². The van der Waals surface area contributed by atoms with E-state index in [4.69, 9.17) is 16.3 Å². The minimum atomic E-state index is -1.01. The zero-order valence-corrected chi connectivity index (χ0v) is 14.1. The molecule has 6 nitrogen and oxygen atoms in total. The summed E-state index contributed by atoms with van der Waals surface area (Å²) in [6.07, 6.45) is -1.01. The van der Waals surface area contributed by atoms with E-state index in [-0.39, 0.29) is 11.4 Å². The lowest BCUT2D eigenvalue weighted by molar-refractivity contribution is -0.153. The number of aromatic nitrogens is 1. The van der Waals surface area contributed by atoms with Crippen LogP contribution in [-0.4, -0.2) is 22.5 Å². The number of aryl methyl sites for hydroxylation is 1. The molecule has 0 saturated heterocycles. The molecule has 1 amide bonds. The molecule has 0 spiro atoms. The lowest BCUT2D eigenvalue weighted by Gasteiger charge is -2.14. The molecule has 1 heterocycles. The van der Waals surface area contributed by atoms with Crippen LogP contribution in [0.2, 0.25) is 5.02 Å². The van der Waals surface area contributed by atoms with Crippen LogP contribution in [0.25, 0.3) is 0 Å². The lowest BCUT2D eigenvalue weighted by Crippen LogP contribution is -2.32. The van der Waals surface area contributed by atoms with Gasteiger partial charge in [0.25, 0.3) is 5.91 Å². The molecule has 0 aliphatic heterocycles. The van der Waals surface area contributed by atoms with E-state index in [2.05, 4.69) is 5.32 Å². The van der Waals surface area contributed by atoms with Gasteiger partial charge in [-0.3, -0.25) is 19.0 Å². The number of para-hydroxylation sites is 1. The molecule has 8 heteroatoms. The monoisotopic (exact) mass is 354 g/mol. The number of amides is 1. The number of esters is 1. The minimum absolute atomic E-state index is 0.224. The first-order chi connectivity index (χ1) is 10.9. The van der Waals surface area contributed by atoms with E-state index in [0.717, 1.165) is 11.3 Å². The summed E-state index contributed by atoms with van der Waals surface area (Å²) in [5.74, 6) is -1.16. The Labute approximate surface area is 141 Å². The smallest absolute Gasteiger partial charge is 0.326 e. The molecule has 0 aliphatic carbocycles. The average molecular weight is 355 g/mol. The van der Waals surface area contributed by atoms with Crippen molar-refractivity contribution in [2.75, 3.05) is 5.32 Å². The van der Waals surface area contributed by atoms with E-state index in [1.54, 1.807) is 36.6 Å². The predicted octanol–water partition coefficient (Wildman–Crippen LogP) is 2.44. The predicted molar refractivity (Wildman–Crippen MR) is 89.0 cm³/mol. The van der Waals surface area contributed by atoms with Crippen molar-refractivity contribution in [1.82, 2.24) is 4.57 Å². The second kappa shape index (κ2) is 7.43. The minimum Gasteiger partial charge on any atom is -0.451 e. The van der Waals surface area contributed by atoms with Crippen molar-refractivity contribution in [3.63, 3.8) is 0 Å². The summed E-state index contributed by atoms with van der Waals surface area (Å²) < 4.78 is 6.36.